The molecule has 0 aliphatic carbocycles. The van der Waals surface area contributed by atoms with Crippen LogP contribution in [-0.4, -0.2) is 20.1 Å². The first-order chi connectivity index (χ1) is 8.43. The standard InChI is InChI=1S/C13H18Cl2O2S/c1-11(6-8-14)7-9-18(16,17)10-12-2-4-13(15)5-3-12/h2-5,11H,6-10H2,1H3. The zero-order valence-electron chi connectivity index (χ0n) is 10.4. The molecule has 0 aliphatic heterocycles. The second-order valence-electron chi connectivity index (χ2n) is 4.59. The highest BCUT2D eigenvalue weighted by Gasteiger charge is 2.14. The van der Waals surface area contributed by atoms with Gasteiger partial charge in [0.15, 0.2) is 9.84 Å². The van der Waals surface area contributed by atoms with Crippen LogP contribution in [0.15, 0.2) is 24.3 Å². The minimum atomic E-state index is -3.05. The fraction of sp³-hybridized carbons (Fsp3) is 0.538. The normalized spacial score (nSPS) is 13.5. The van der Waals surface area contributed by atoms with E-state index in [0.29, 0.717) is 23.2 Å². The van der Waals surface area contributed by atoms with Crippen molar-refractivity contribution in [3.05, 3.63) is 34.9 Å². The molecular formula is C13H18Cl2O2S. The lowest BCUT2D eigenvalue weighted by Crippen LogP contribution is -2.12. The van der Waals surface area contributed by atoms with Crippen molar-refractivity contribution in [2.45, 2.75) is 25.5 Å². The van der Waals surface area contributed by atoms with Gasteiger partial charge in [-0.1, -0.05) is 30.7 Å². The maximum absolute atomic E-state index is 11.9. The zero-order chi connectivity index (χ0) is 13.6. The molecule has 102 valence electrons. The molecule has 1 atom stereocenters. The third kappa shape index (κ3) is 6.07. The van der Waals surface area contributed by atoms with Crippen LogP contribution in [0, 0.1) is 5.92 Å². The Bertz CT molecular complexity index is 454. The highest BCUT2D eigenvalue weighted by atomic mass is 35.5. The van der Waals surface area contributed by atoms with Gasteiger partial charge in [-0.15, -0.1) is 11.6 Å². The van der Waals surface area contributed by atoms with Crippen LogP contribution in [0.3, 0.4) is 0 Å². The number of alkyl halides is 1. The van der Waals surface area contributed by atoms with Gasteiger partial charge in [0.25, 0.3) is 0 Å². The van der Waals surface area contributed by atoms with Crippen molar-refractivity contribution in [2.75, 3.05) is 11.6 Å². The maximum atomic E-state index is 11.9. The highest BCUT2D eigenvalue weighted by Crippen LogP contribution is 2.15. The van der Waals surface area contributed by atoms with E-state index in [1.807, 2.05) is 6.92 Å². The number of hydrogen-bond donors (Lipinski definition) is 0. The predicted octanol–water partition coefficient (Wildman–Crippen LogP) is 3.91. The molecule has 1 rings (SSSR count). The summed E-state index contributed by atoms with van der Waals surface area (Å²) in [6, 6.07) is 6.93. The van der Waals surface area contributed by atoms with E-state index < -0.39 is 9.84 Å². The summed E-state index contributed by atoms with van der Waals surface area (Å²) in [7, 11) is -3.05. The third-order valence-electron chi connectivity index (χ3n) is 2.82. The molecule has 5 heteroatoms. The molecule has 0 amide bonds. The topological polar surface area (TPSA) is 34.1 Å². The molecule has 2 nitrogen and oxygen atoms in total. The number of halogens is 2. The Hall–Kier alpha value is -0.250. The van der Waals surface area contributed by atoms with E-state index in [9.17, 15) is 8.42 Å². The Kier molecular flexibility index (Phi) is 6.47. The van der Waals surface area contributed by atoms with E-state index in [1.54, 1.807) is 24.3 Å². The van der Waals surface area contributed by atoms with Gasteiger partial charge in [-0.05, 0) is 36.5 Å². The summed E-state index contributed by atoms with van der Waals surface area (Å²) in [5, 5.41) is 0.617. The van der Waals surface area contributed by atoms with Crippen LogP contribution in [0.25, 0.3) is 0 Å². The summed E-state index contributed by atoms with van der Waals surface area (Å²) in [5.41, 5.74) is 0.782. The van der Waals surface area contributed by atoms with Gasteiger partial charge in [0.2, 0.25) is 0 Å². The summed E-state index contributed by atoms with van der Waals surface area (Å²) >= 11 is 11.4. The van der Waals surface area contributed by atoms with Crippen molar-refractivity contribution in [1.29, 1.82) is 0 Å². The van der Waals surface area contributed by atoms with Crippen molar-refractivity contribution >= 4 is 33.0 Å². The zero-order valence-corrected chi connectivity index (χ0v) is 12.7. The van der Waals surface area contributed by atoms with Gasteiger partial charge in [0, 0.05) is 10.9 Å². The van der Waals surface area contributed by atoms with Crippen LogP contribution in [0.2, 0.25) is 5.02 Å². The second kappa shape index (κ2) is 7.37. The minimum Gasteiger partial charge on any atom is -0.228 e. The molecule has 0 aliphatic rings. The maximum Gasteiger partial charge on any atom is 0.154 e. The van der Waals surface area contributed by atoms with Crippen LogP contribution in [0.1, 0.15) is 25.3 Å². The largest absolute Gasteiger partial charge is 0.228 e. The van der Waals surface area contributed by atoms with Crippen LogP contribution >= 0.6 is 23.2 Å². The Labute approximate surface area is 119 Å². The number of benzene rings is 1. The summed E-state index contributed by atoms with van der Waals surface area (Å²) in [6.45, 7) is 2.03. The van der Waals surface area contributed by atoms with Gasteiger partial charge in [-0.3, -0.25) is 0 Å². The van der Waals surface area contributed by atoms with Crippen LogP contribution in [-0.2, 0) is 15.6 Å². The van der Waals surface area contributed by atoms with E-state index in [-0.39, 0.29) is 11.5 Å². The van der Waals surface area contributed by atoms with Crippen LogP contribution in [0.5, 0.6) is 0 Å². The molecule has 1 aromatic carbocycles. The van der Waals surface area contributed by atoms with E-state index in [0.717, 1.165) is 12.0 Å². The summed E-state index contributed by atoms with van der Waals surface area (Å²) in [5.74, 6) is 1.23. The first kappa shape index (κ1) is 15.8. The van der Waals surface area contributed by atoms with E-state index in [2.05, 4.69) is 0 Å². The van der Waals surface area contributed by atoms with Crippen molar-refractivity contribution in [3.63, 3.8) is 0 Å². The Morgan fingerprint density at radius 3 is 2.33 bits per heavy atom. The van der Waals surface area contributed by atoms with Crippen LogP contribution in [0.4, 0.5) is 0 Å². The molecule has 0 saturated carbocycles. The number of sulfone groups is 1. The molecule has 18 heavy (non-hydrogen) atoms. The first-order valence-corrected chi connectivity index (χ1v) is 8.67. The average molecular weight is 309 g/mol. The van der Waals surface area contributed by atoms with Crippen molar-refractivity contribution in [3.8, 4) is 0 Å². The number of rotatable bonds is 7. The second-order valence-corrected chi connectivity index (χ2v) is 7.59. The van der Waals surface area contributed by atoms with E-state index >= 15 is 0 Å². The quantitative estimate of drug-likeness (QED) is 0.716. The molecule has 1 aromatic rings. The van der Waals surface area contributed by atoms with E-state index in [4.69, 9.17) is 23.2 Å². The fourth-order valence-corrected chi connectivity index (χ4v) is 3.72. The highest BCUT2D eigenvalue weighted by molar-refractivity contribution is 7.90. The molecule has 1 unspecified atom stereocenters. The van der Waals surface area contributed by atoms with Gasteiger partial charge in [-0.2, -0.15) is 0 Å². The predicted molar refractivity (Wildman–Crippen MR) is 78.1 cm³/mol. The summed E-state index contributed by atoms with van der Waals surface area (Å²) in [6.07, 6.45) is 1.53. The minimum absolute atomic E-state index is 0.0811. The smallest absolute Gasteiger partial charge is 0.154 e. The van der Waals surface area contributed by atoms with Gasteiger partial charge >= 0.3 is 0 Å². The molecule has 0 heterocycles. The molecule has 0 bridgehead atoms. The molecule has 0 radical (unpaired) electrons. The lowest BCUT2D eigenvalue weighted by atomic mass is 10.1. The van der Waals surface area contributed by atoms with Crippen molar-refractivity contribution in [1.82, 2.24) is 0 Å². The molecule has 0 saturated heterocycles. The monoisotopic (exact) mass is 308 g/mol. The molecule has 0 fully saturated rings. The fourth-order valence-electron chi connectivity index (χ4n) is 1.62. The SMILES string of the molecule is CC(CCCl)CCS(=O)(=O)Cc1ccc(Cl)cc1. The van der Waals surface area contributed by atoms with Crippen molar-refractivity contribution in [2.24, 2.45) is 5.92 Å². The Morgan fingerprint density at radius 2 is 1.78 bits per heavy atom. The van der Waals surface area contributed by atoms with Gasteiger partial charge in [-0.25, -0.2) is 8.42 Å². The number of hydrogen-bond acceptors (Lipinski definition) is 2. The van der Waals surface area contributed by atoms with Gasteiger partial charge < -0.3 is 0 Å². The van der Waals surface area contributed by atoms with Crippen molar-refractivity contribution < 1.29 is 8.42 Å². The lowest BCUT2D eigenvalue weighted by molar-refractivity contribution is 0.534. The van der Waals surface area contributed by atoms with Gasteiger partial charge in [0.1, 0.15) is 0 Å². The van der Waals surface area contributed by atoms with E-state index in [1.165, 1.54) is 0 Å². The molecular weight excluding hydrogens is 291 g/mol. The summed E-state index contributed by atoms with van der Waals surface area (Å²) in [4.78, 5) is 0. The third-order valence-corrected chi connectivity index (χ3v) is 4.92. The first-order valence-electron chi connectivity index (χ1n) is 5.94. The molecule has 0 aromatic heterocycles. The summed E-state index contributed by atoms with van der Waals surface area (Å²) < 4.78 is 23.9. The lowest BCUT2D eigenvalue weighted by Gasteiger charge is -2.10. The van der Waals surface area contributed by atoms with Gasteiger partial charge in [0.05, 0.1) is 11.5 Å². The molecule has 0 spiro atoms. The molecule has 0 N–H and O–H groups in total. The Balaban J connectivity index is 2.52. The average Bonchev–Trinajstić information content (AvgIpc) is 2.30. The van der Waals surface area contributed by atoms with Crippen LogP contribution < -0.4 is 0 Å². The Morgan fingerprint density at radius 1 is 1.17 bits per heavy atom.